The van der Waals surface area contributed by atoms with Gasteiger partial charge in [0.05, 0.1) is 24.2 Å². The number of carbonyl (C=O) groups excluding carboxylic acids is 1. The Morgan fingerprint density at radius 1 is 1.23 bits per heavy atom. The first-order valence-corrected chi connectivity index (χ1v) is 7.26. The summed E-state index contributed by atoms with van der Waals surface area (Å²) < 4.78 is 0. The molecule has 0 aliphatic carbocycles. The highest BCUT2D eigenvalue weighted by Gasteiger charge is 2.11. The predicted octanol–water partition coefficient (Wildman–Crippen LogP) is 3.50. The van der Waals surface area contributed by atoms with Crippen molar-refractivity contribution in [3.05, 3.63) is 64.7 Å². The van der Waals surface area contributed by atoms with Crippen LogP contribution in [0.25, 0.3) is 0 Å². The quantitative estimate of drug-likeness (QED) is 0.888. The molecule has 0 aliphatic heterocycles. The van der Waals surface area contributed by atoms with Crippen LogP contribution in [-0.4, -0.2) is 12.5 Å². The minimum atomic E-state index is -0.163. The van der Waals surface area contributed by atoms with Gasteiger partial charge in [0.15, 0.2) is 0 Å². The van der Waals surface area contributed by atoms with Gasteiger partial charge in [0.1, 0.15) is 0 Å². The molecule has 0 fully saturated rings. The number of nitrogens with zero attached hydrogens (tertiary/aromatic N) is 1. The van der Waals surface area contributed by atoms with Crippen molar-refractivity contribution >= 4 is 23.2 Å². The van der Waals surface area contributed by atoms with E-state index in [0.717, 1.165) is 11.3 Å². The van der Waals surface area contributed by atoms with Gasteiger partial charge in [-0.15, -0.1) is 0 Å². The minimum Gasteiger partial charge on any atom is -0.376 e. The van der Waals surface area contributed by atoms with Gasteiger partial charge < -0.3 is 10.6 Å². The molecule has 0 aliphatic rings. The van der Waals surface area contributed by atoms with E-state index < -0.39 is 0 Å². The van der Waals surface area contributed by atoms with E-state index in [1.165, 1.54) is 0 Å². The molecule has 0 spiro atoms. The lowest BCUT2D eigenvalue weighted by atomic mass is 10.1. The highest BCUT2D eigenvalue weighted by molar-refractivity contribution is 6.31. The maximum atomic E-state index is 12.0. The second-order valence-electron chi connectivity index (χ2n) is 4.85. The molecule has 1 unspecified atom stereocenters. The second kappa shape index (κ2) is 7.48. The molecule has 2 aromatic carbocycles. The third-order valence-electron chi connectivity index (χ3n) is 3.22. The van der Waals surface area contributed by atoms with E-state index in [0.29, 0.717) is 10.6 Å². The van der Waals surface area contributed by atoms with Crippen molar-refractivity contribution in [3.63, 3.8) is 0 Å². The number of anilines is 1. The van der Waals surface area contributed by atoms with Gasteiger partial charge >= 0.3 is 0 Å². The van der Waals surface area contributed by atoms with Gasteiger partial charge in [0.2, 0.25) is 5.91 Å². The fraction of sp³-hybridized carbons (Fsp3) is 0.176. The average molecular weight is 314 g/mol. The summed E-state index contributed by atoms with van der Waals surface area (Å²) in [5, 5.41) is 15.3. The molecule has 5 heteroatoms. The van der Waals surface area contributed by atoms with E-state index in [1.54, 1.807) is 30.3 Å². The molecule has 1 amide bonds. The third-order valence-corrected chi connectivity index (χ3v) is 3.56. The van der Waals surface area contributed by atoms with E-state index in [4.69, 9.17) is 16.9 Å². The summed E-state index contributed by atoms with van der Waals surface area (Å²) in [6, 6.07) is 16.3. The van der Waals surface area contributed by atoms with E-state index in [9.17, 15) is 4.79 Å². The van der Waals surface area contributed by atoms with E-state index >= 15 is 0 Å². The number of amides is 1. The molecule has 0 heterocycles. The molecular formula is C17H16ClN3O. The lowest BCUT2D eigenvalue weighted by molar-refractivity contribution is -0.120. The highest BCUT2D eigenvalue weighted by Crippen LogP contribution is 2.21. The third kappa shape index (κ3) is 4.24. The van der Waals surface area contributed by atoms with Crippen molar-refractivity contribution in [2.45, 2.75) is 13.0 Å². The number of nitrogens with one attached hydrogen (secondary N) is 2. The summed E-state index contributed by atoms with van der Waals surface area (Å²) in [5.41, 5.74) is 2.26. The number of rotatable bonds is 5. The van der Waals surface area contributed by atoms with Crippen molar-refractivity contribution in [3.8, 4) is 6.07 Å². The lowest BCUT2D eigenvalue weighted by Gasteiger charge is -2.16. The molecule has 22 heavy (non-hydrogen) atoms. The molecule has 0 saturated heterocycles. The first-order valence-electron chi connectivity index (χ1n) is 6.88. The number of benzene rings is 2. The van der Waals surface area contributed by atoms with E-state index in [2.05, 4.69) is 10.6 Å². The Kier molecular flexibility index (Phi) is 5.40. The Morgan fingerprint density at radius 2 is 1.91 bits per heavy atom. The Balaban J connectivity index is 1.87. The molecule has 2 aromatic rings. The molecule has 0 aromatic heterocycles. The largest absolute Gasteiger partial charge is 0.376 e. The van der Waals surface area contributed by atoms with E-state index in [1.807, 2.05) is 31.2 Å². The number of hydrogen-bond donors (Lipinski definition) is 2. The summed E-state index contributed by atoms with van der Waals surface area (Å²) in [6.07, 6.45) is 0. The van der Waals surface area contributed by atoms with Gasteiger partial charge in [-0.05, 0) is 42.8 Å². The van der Waals surface area contributed by atoms with E-state index in [-0.39, 0.29) is 18.5 Å². The van der Waals surface area contributed by atoms with Crippen LogP contribution in [0.1, 0.15) is 24.1 Å². The maximum Gasteiger partial charge on any atom is 0.239 e. The Labute approximate surface area is 134 Å². The molecule has 0 radical (unpaired) electrons. The zero-order valence-electron chi connectivity index (χ0n) is 12.1. The Morgan fingerprint density at radius 3 is 2.55 bits per heavy atom. The predicted molar refractivity (Wildman–Crippen MR) is 87.7 cm³/mol. The van der Waals surface area contributed by atoms with Crippen molar-refractivity contribution in [2.24, 2.45) is 0 Å². The van der Waals surface area contributed by atoms with Crippen LogP contribution >= 0.6 is 11.6 Å². The van der Waals surface area contributed by atoms with Gasteiger partial charge in [0, 0.05) is 10.7 Å². The molecule has 0 bridgehead atoms. The fourth-order valence-electron chi connectivity index (χ4n) is 2.04. The highest BCUT2D eigenvalue weighted by atomic mass is 35.5. The van der Waals surface area contributed by atoms with Crippen LogP contribution in [0.4, 0.5) is 5.69 Å². The van der Waals surface area contributed by atoms with Crippen LogP contribution in [0.2, 0.25) is 5.02 Å². The van der Waals surface area contributed by atoms with Crippen molar-refractivity contribution in [2.75, 3.05) is 11.9 Å². The normalized spacial score (nSPS) is 11.3. The minimum absolute atomic E-state index is 0.128. The standard InChI is InChI=1S/C17H16ClN3O/c1-12(15-4-2-3-5-16(15)18)21-17(22)11-20-14-8-6-13(10-19)7-9-14/h2-9,12,20H,11H2,1H3,(H,21,22). The number of hydrogen-bond acceptors (Lipinski definition) is 3. The van der Waals surface area contributed by atoms with Gasteiger partial charge in [-0.2, -0.15) is 5.26 Å². The molecule has 4 nitrogen and oxygen atoms in total. The summed E-state index contributed by atoms with van der Waals surface area (Å²) in [5.74, 6) is -0.128. The maximum absolute atomic E-state index is 12.0. The number of nitriles is 1. The van der Waals surface area contributed by atoms with Crippen LogP contribution in [0, 0.1) is 11.3 Å². The topological polar surface area (TPSA) is 64.9 Å². The van der Waals surface area contributed by atoms with Crippen LogP contribution in [0.5, 0.6) is 0 Å². The zero-order chi connectivity index (χ0) is 15.9. The average Bonchev–Trinajstić information content (AvgIpc) is 2.53. The van der Waals surface area contributed by atoms with Crippen LogP contribution < -0.4 is 10.6 Å². The first kappa shape index (κ1) is 15.9. The SMILES string of the molecule is CC(NC(=O)CNc1ccc(C#N)cc1)c1ccccc1Cl. The van der Waals surface area contributed by atoms with Crippen LogP contribution in [0.15, 0.2) is 48.5 Å². The number of halogens is 1. The van der Waals surface area contributed by atoms with Crippen molar-refractivity contribution < 1.29 is 4.79 Å². The van der Waals surface area contributed by atoms with Crippen molar-refractivity contribution in [1.82, 2.24) is 5.32 Å². The monoisotopic (exact) mass is 313 g/mol. The van der Waals surface area contributed by atoms with Crippen molar-refractivity contribution in [1.29, 1.82) is 5.26 Å². The molecule has 2 rings (SSSR count). The molecule has 0 saturated carbocycles. The van der Waals surface area contributed by atoms with Gasteiger partial charge in [-0.3, -0.25) is 4.79 Å². The van der Waals surface area contributed by atoms with Gasteiger partial charge in [-0.1, -0.05) is 29.8 Å². The lowest BCUT2D eigenvalue weighted by Crippen LogP contribution is -2.32. The molecule has 112 valence electrons. The molecular weight excluding hydrogens is 298 g/mol. The summed E-state index contributed by atoms with van der Waals surface area (Å²) >= 11 is 6.11. The number of carbonyl (C=O) groups is 1. The molecule has 2 N–H and O–H groups in total. The van der Waals surface area contributed by atoms with Crippen LogP contribution in [-0.2, 0) is 4.79 Å². The zero-order valence-corrected chi connectivity index (χ0v) is 12.9. The Hall–Kier alpha value is -2.51. The molecule has 1 atom stereocenters. The fourth-order valence-corrected chi connectivity index (χ4v) is 2.34. The van der Waals surface area contributed by atoms with Gasteiger partial charge in [0.25, 0.3) is 0 Å². The summed E-state index contributed by atoms with van der Waals surface area (Å²) in [4.78, 5) is 12.0. The van der Waals surface area contributed by atoms with Crippen LogP contribution in [0.3, 0.4) is 0 Å². The summed E-state index contributed by atoms with van der Waals surface area (Å²) in [6.45, 7) is 2.04. The summed E-state index contributed by atoms with van der Waals surface area (Å²) in [7, 11) is 0. The Bertz CT molecular complexity index is 692. The second-order valence-corrected chi connectivity index (χ2v) is 5.26. The van der Waals surface area contributed by atoms with Gasteiger partial charge in [-0.25, -0.2) is 0 Å². The first-order chi connectivity index (χ1) is 10.6. The smallest absolute Gasteiger partial charge is 0.239 e.